The molecule has 18 heavy (non-hydrogen) atoms. The fourth-order valence-electron chi connectivity index (χ4n) is 3.18. The Labute approximate surface area is 109 Å². The van der Waals surface area contributed by atoms with Gasteiger partial charge in [-0.3, -0.25) is 9.59 Å². The normalized spacial score (nSPS) is 32.9. The first-order chi connectivity index (χ1) is 8.40. The molecular weight excluding hydrogens is 228 g/mol. The molecule has 0 radical (unpaired) electrons. The van der Waals surface area contributed by atoms with E-state index in [9.17, 15) is 9.59 Å². The first kappa shape index (κ1) is 13.4. The average Bonchev–Trinajstić information content (AvgIpc) is 2.37. The number of carbonyl (C=O) groups is 2. The van der Waals surface area contributed by atoms with Crippen molar-refractivity contribution in [2.75, 3.05) is 6.54 Å². The lowest BCUT2D eigenvalue weighted by atomic mass is 9.85. The summed E-state index contributed by atoms with van der Waals surface area (Å²) in [5.74, 6) is 0.749. The van der Waals surface area contributed by atoms with Gasteiger partial charge in [0.15, 0.2) is 0 Å². The summed E-state index contributed by atoms with van der Waals surface area (Å²) in [7, 11) is 0. The van der Waals surface area contributed by atoms with Crippen LogP contribution in [0.1, 0.15) is 52.9 Å². The maximum atomic E-state index is 12.5. The van der Waals surface area contributed by atoms with E-state index in [4.69, 9.17) is 0 Å². The predicted molar refractivity (Wildman–Crippen MR) is 70.0 cm³/mol. The van der Waals surface area contributed by atoms with Crippen molar-refractivity contribution in [3.05, 3.63) is 0 Å². The average molecular weight is 252 g/mol. The molecule has 2 fully saturated rings. The number of hydrogen-bond acceptors (Lipinski definition) is 2. The van der Waals surface area contributed by atoms with Crippen LogP contribution < -0.4 is 5.32 Å². The van der Waals surface area contributed by atoms with Gasteiger partial charge in [-0.05, 0) is 32.6 Å². The fourth-order valence-corrected chi connectivity index (χ4v) is 3.18. The Kier molecular flexibility index (Phi) is 3.64. The lowest BCUT2D eigenvalue weighted by Gasteiger charge is -2.38. The minimum atomic E-state index is -0.756. The fraction of sp³-hybridized carbons (Fsp3) is 0.857. The first-order valence-corrected chi connectivity index (χ1v) is 7.02. The van der Waals surface area contributed by atoms with Crippen LogP contribution in [0.15, 0.2) is 0 Å². The van der Waals surface area contributed by atoms with Crippen molar-refractivity contribution in [1.29, 1.82) is 0 Å². The third-order valence-electron chi connectivity index (χ3n) is 4.18. The standard InChI is InChI=1S/C14H24N2O2/c1-10-5-4-6-11(9-10)16-8-7-12(17)15-14(2,3)13(16)18/h10-11H,4-9H2,1-3H3,(H,15,17). The van der Waals surface area contributed by atoms with Crippen molar-refractivity contribution >= 4 is 11.8 Å². The van der Waals surface area contributed by atoms with Gasteiger partial charge in [-0.15, -0.1) is 0 Å². The van der Waals surface area contributed by atoms with Crippen LogP contribution in [0.5, 0.6) is 0 Å². The molecule has 0 aromatic carbocycles. The Morgan fingerprint density at radius 1 is 1.28 bits per heavy atom. The molecule has 0 bridgehead atoms. The largest absolute Gasteiger partial charge is 0.342 e. The lowest BCUT2D eigenvalue weighted by Crippen LogP contribution is -2.55. The Bertz CT molecular complexity index is 352. The van der Waals surface area contributed by atoms with Crippen molar-refractivity contribution in [2.45, 2.75) is 64.5 Å². The zero-order chi connectivity index (χ0) is 13.3. The summed E-state index contributed by atoms with van der Waals surface area (Å²) in [6.07, 6.45) is 5.05. The molecule has 0 spiro atoms. The highest BCUT2D eigenvalue weighted by molar-refractivity contribution is 5.93. The minimum Gasteiger partial charge on any atom is -0.342 e. The highest BCUT2D eigenvalue weighted by Gasteiger charge is 2.39. The number of nitrogens with one attached hydrogen (secondary N) is 1. The van der Waals surface area contributed by atoms with Crippen molar-refractivity contribution < 1.29 is 9.59 Å². The molecule has 1 aliphatic heterocycles. The number of hydrogen-bond donors (Lipinski definition) is 1. The number of rotatable bonds is 1. The molecule has 0 aromatic heterocycles. The van der Waals surface area contributed by atoms with Crippen LogP contribution in [0.3, 0.4) is 0 Å². The summed E-state index contributed by atoms with van der Waals surface area (Å²) in [5, 5.41) is 2.82. The number of carbonyl (C=O) groups excluding carboxylic acids is 2. The summed E-state index contributed by atoms with van der Waals surface area (Å²) in [6.45, 7) is 6.43. The van der Waals surface area contributed by atoms with Crippen LogP contribution in [-0.2, 0) is 9.59 Å². The Hall–Kier alpha value is -1.06. The van der Waals surface area contributed by atoms with Gasteiger partial charge in [-0.1, -0.05) is 19.8 Å². The van der Waals surface area contributed by atoms with Crippen LogP contribution in [0.25, 0.3) is 0 Å². The smallest absolute Gasteiger partial charge is 0.248 e. The molecule has 1 aliphatic carbocycles. The van der Waals surface area contributed by atoms with E-state index in [1.807, 2.05) is 4.90 Å². The predicted octanol–water partition coefficient (Wildman–Crippen LogP) is 1.69. The zero-order valence-electron chi connectivity index (χ0n) is 11.7. The molecule has 1 saturated heterocycles. The van der Waals surface area contributed by atoms with Crippen LogP contribution in [0.4, 0.5) is 0 Å². The Morgan fingerprint density at radius 3 is 2.67 bits per heavy atom. The summed E-state index contributed by atoms with van der Waals surface area (Å²) in [5.41, 5.74) is -0.756. The minimum absolute atomic E-state index is 0.0142. The molecule has 0 aromatic rings. The van der Waals surface area contributed by atoms with Crippen LogP contribution in [0.2, 0.25) is 0 Å². The second kappa shape index (κ2) is 4.90. The van der Waals surface area contributed by atoms with Gasteiger partial charge < -0.3 is 10.2 Å². The van der Waals surface area contributed by atoms with E-state index < -0.39 is 5.54 Å². The quantitative estimate of drug-likeness (QED) is 0.772. The maximum absolute atomic E-state index is 12.5. The summed E-state index contributed by atoms with van der Waals surface area (Å²) < 4.78 is 0. The van der Waals surface area contributed by atoms with Crippen molar-refractivity contribution in [1.82, 2.24) is 10.2 Å². The monoisotopic (exact) mass is 252 g/mol. The van der Waals surface area contributed by atoms with Crippen molar-refractivity contribution in [3.63, 3.8) is 0 Å². The molecule has 2 aliphatic rings. The van der Waals surface area contributed by atoms with Gasteiger partial charge in [-0.25, -0.2) is 0 Å². The maximum Gasteiger partial charge on any atom is 0.248 e. The van der Waals surface area contributed by atoms with Gasteiger partial charge in [-0.2, -0.15) is 0 Å². The molecule has 2 amide bonds. The van der Waals surface area contributed by atoms with Crippen LogP contribution in [0, 0.1) is 5.92 Å². The van der Waals surface area contributed by atoms with E-state index in [0.717, 1.165) is 12.8 Å². The van der Waals surface area contributed by atoms with E-state index in [1.54, 1.807) is 13.8 Å². The molecule has 102 valence electrons. The third-order valence-corrected chi connectivity index (χ3v) is 4.18. The molecule has 4 nitrogen and oxygen atoms in total. The van der Waals surface area contributed by atoms with Crippen LogP contribution in [-0.4, -0.2) is 34.8 Å². The Balaban J connectivity index is 2.15. The first-order valence-electron chi connectivity index (χ1n) is 7.02. The van der Waals surface area contributed by atoms with E-state index in [1.165, 1.54) is 12.8 Å². The summed E-state index contributed by atoms with van der Waals surface area (Å²) >= 11 is 0. The highest BCUT2D eigenvalue weighted by atomic mass is 16.2. The van der Waals surface area contributed by atoms with E-state index in [-0.39, 0.29) is 11.8 Å². The topological polar surface area (TPSA) is 49.4 Å². The number of nitrogens with zero attached hydrogens (tertiary/aromatic N) is 1. The summed E-state index contributed by atoms with van der Waals surface area (Å²) in [4.78, 5) is 26.1. The van der Waals surface area contributed by atoms with Gasteiger partial charge in [0.25, 0.3) is 0 Å². The molecular formula is C14H24N2O2. The Morgan fingerprint density at radius 2 is 2.00 bits per heavy atom. The SMILES string of the molecule is CC1CCCC(N2CCC(=O)NC(C)(C)C2=O)C1. The second-order valence-electron chi connectivity index (χ2n) is 6.35. The van der Waals surface area contributed by atoms with Gasteiger partial charge in [0.05, 0.1) is 0 Å². The van der Waals surface area contributed by atoms with Gasteiger partial charge in [0.1, 0.15) is 5.54 Å². The second-order valence-corrected chi connectivity index (χ2v) is 6.35. The lowest BCUT2D eigenvalue weighted by molar-refractivity contribution is -0.140. The third kappa shape index (κ3) is 2.68. The van der Waals surface area contributed by atoms with Gasteiger partial charge in [0.2, 0.25) is 11.8 Å². The molecule has 1 N–H and O–H groups in total. The molecule has 4 heteroatoms. The zero-order valence-corrected chi connectivity index (χ0v) is 11.7. The van der Waals surface area contributed by atoms with Crippen molar-refractivity contribution in [2.24, 2.45) is 5.92 Å². The molecule has 1 heterocycles. The molecule has 2 rings (SSSR count). The highest BCUT2D eigenvalue weighted by Crippen LogP contribution is 2.29. The molecule has 1 saturated carbocycles. The van der Waals surface area contributed by atoms with E-state index in [2.05, 4.69) is 12.2 Å². The van der Waals surface area contributed by atoms with Gasteiger partial charge in [0, 0.05) is 19.0 Å². The van der Waals surface area contributed by atoms with E-state index >= 15 is 0 Å². The molecule has 2 atom stereocenters. The van der Waals surface area contributed by atoms with E-state index in [0.29, 0.717) is 24.9 Å². The molecule has 2 unspecified atom stereocenters. The number of amides is 2. The van der Waals surface area contributed by atoms with Crippen molar-refractivity contribution in [3.8, 4) is 0 Å². The van der Waals surface area contributed by atoms with Crippen LogP contribution >= 0.6 is 0 Å². The summed E-state index contributed by atoms with van der Waals surface area (Å²) in [6, 6.07) is 0.327. The van der Waals surface area contributed by atoms with Gasteiger partial charge >= 0.3 is 0 Å².